The van der Waals surface area contributed by atoms with Crippen LogP contribution in [0, 0.1) is 0 Å². The molecular weight excluding hydrogens is 146 g/mol. The van der Waals surface area contributed by atoms with Crippen LogP contribution in [0.1, 0.15) is 19.8 Å². The summed E-state index contributed by atoms with van der Waals surface area (Å²) in [5.74, 6) is -0.592. The Kier molecular flexibility index (Phi) is 4.81. The lowest BCUT2D eigenvalue weighted by molar-refractivity contribution is -0.115. The zero-order chi connectivity index (χ0) is 8.69. The van der Waals surface area contributed by atoms with Crippen molar-refractivity contribution in [2.45, 2.75) is 19.8 Å². The maximum atomic E-state index is 10.5. The quantitative estimate of drug-likeness (QED) is 0.603. The zero-order valence-corrected chi connectivity index (χ0v) is 6.33. The highest BCUT2D eigenvalue weighted by atomic mass is 16.4. The topological polar surface area (TPSA) is 66.4 Å². The van der Waals surface area contributed by atoms with Gasteiger partial charge in [-0.1, -0.05) is 19.4 Å². The monoisotopic (exact) mass is 157 g/mol. The van der Waals surface area contributed by atoms with Crippen molar-refractivity contribution in [1.82, 2.24) is 5.32 Å². The average molecular weight is 157 g/mol. The molecule has 0 saturated heterocycles. The van der Waals surface area contributed by atoms with Crippen molar-refractivity contribution in [3.05, 3.63) is 12.2 Å². The van der Waals surface area contributed by atoms with Crippen molar-refractivity contribution in [2.75, 3.05) is 0 Å². The van der Waals surface area contributed by atoms with Gasteiger partial charge in [-0.05, 0) is 12.5 Å². The molecule has 0 aromatic rings. The molecule has 0 aliphatic carbocycles. The number of rotatable bonds is 3. The van der Waals surface area contributed by atoms with Crippen LogP contribution in [0.25, 0.3) is 0 Å². The van der Waals surface area contributed by atoms with E-state index in [1.807, 2.05) is 6.92 Å². The van der Waals surface area contributed by atoms with Gasteiger partial charge in [0, 0.05) is 0 Å². The standard InChI is InChI=1S/C7H11NO3/c1-2-3-4-5-6(9)8-7(10)11/h4-5H,2-3H2,1H3,(H,8,9)(H,10,11)/b5-4+. The molecule has 4 nitrogen and oxygen atoms in total. The van der Waals surface area contributed by atoms with E-state index in [0.717, 1.165) is 12.8 Å². The zero-order valence-electron chi connectivity index (χ0n) is 6.33. The van der Waals surface area contributed by atoms with Crippen LogP contribution in [0.5, 0.6) is 0 Å². The molecule has 0 unspecified atom stereocenters. The number of carboxylic acid groups (broad SMARTS) is 1. The van der Waals surface area contributed by atoms with E-state index in [0.29, 0.717) is 0 Å². The molecule has 0 aliphatic rings. The molecule has 62 valence electrons. The van der Waals surface area contributed by atoms with Gasteiger partial charge in [0.15, 0.2) is 0 Å². The molecule has 0 atom stereocenters. The average Bonchev–Trinajstić information content (AvgIpc) is 1.86. The van der Waals surface area contributed by atoms with E-state index in [1.165, 1.54) is 6.08 Å². The van der Waals surface area contributed by atoms with Crippen LogP contribution >= 0.6 is 0 Å². The van der Waals surface area contributed by atoms with Gasteiger partial charge in [0.05, 0.1) is 0 Å². The van der Waals surface area contributed by atoms with Gasteiger partial charge in [-0.15, -0.1) is 0 Å². The van der Waals surface area contributed by atoms with E-state index in [1.54, 1.807) is 11.4 Å². The summed E-state index contributed by atoms with van der Waals surface area (Å²) < 4.78 is 0. The summed E-state index contributed by atoms with van der Waals surface area (Å²) in [4.78, 5) is 20.4. The highest BCUT2D eigenvalue weighted by Gasteiger charge is 1.98. The molecule has 2 N–H and O–H groups in total. The van der Waals surface area contributed by atoms with E-state index in [9.17, 15) is 9.59 Å². The lowest BCUT2D eigenvalue weighted by Crippen LogP contribution is -2.26. The smallest absolute Gasteiger partial charge is 0.411 e. The first kappa shape index (κ1) is 9.68. The van der Waals surface area contributed by atoms with Gasteiger partial charge in [-0.2, -0.15) is 0 Å². The summed E-state index contributed by atoms with van der Waals surface area (Å²) in [5.41, 5.74) is 0. The van der Waals surface area contributed by atoms with Crippen LogP contribution in [-0.2, 0) is 4.79 Å². The molecule has 2 amide bonds. The third-order valence-electron chi connectivity index (χ3n) is 0.955. The lowest BCUT2D eigenvalue weighted by atomic mass is 10.3. The second-order valence-corrected chi connectivity index (χ2v) is 1.99. The number of hydrogen-bond donors (Lipinski definition) is 2. The number of unbranched alkanes of at least 4 members (excludes halogenated alkanes) is 1. The number of nitrogens with one attached hydrogen (secondary N) is 1. The summed E-state index contributed by atoms with van der Waals surface area (Å²) in [7, 11) is 0. The molecule has 4 heteroatoms. The van der Waals surface area contributed by atoms with E-state index in [4.69, 9.17) is 5.11 Å². The Morgan fingerprint density at radius 3 is 2.64 bits per heavy atom. The molecule has 0 aliphatic heterocycles. The van der Waals surface area contributed by atoms with Crippen molar-refractivity contribution in [3.8, 4) is 0 Å². The molecular formula is C7H11NO3. The van der Waals surface area contributed by atoms with Crippen molar-refractivity contribution in [1.29, 1.82) is 0 Å². The first-order valence-electron chi connectivity index (χ1n) is 3.37. The number of imide groups is 1. The number of amides is 2. The van der Waals surface area contributed by atoms with Gasteiger partial charge < -0.3 is 5.11 Å². The molecule has 11 heavy (non-hydrogen) atoms. The Labute approximate surface area is 64.9 Å². The third kappa shape index (κ3) is 6.57. The summed E-state index contributed by atoms with van der Waals surface area (Å²) in [6, 6.07) is 0. The molecule has 0 spiro atoms. The maximum Gasteiger partial charge on any atom is 0.411 e. The molecule has 0 radical (unpaired) electrons. The highest BCUT2D eigenvalue weighted by Crippen LogP contribution is 1.87. The predicted octanol–water partition coefficient (Wildman–Crippen LogP) is 1.14. The first-order valence-corrected chi connectivity index (χ1v) is 3.37. The minimum absolute atomic E-state index is 0.592. The minimum atomic E-state index is -1.32. The van der Waals surface area contributed by atoms with E-state index in [2.05, 4.69) is 0 Å². The fraction of sp³-hybridized carbons (Fsp3) is 0.429. The van der Waals surface area contributed by atoms with Crippen molar-refractivity contribution < 1.29 is 14.7 Å². The van der Waals surface area contributed by atoms with E-state index >= 15 is 0 Å². The van der Waals surface area contributed by atoms with Crippen LogP contribution in [0.3, 0.4) is 0 Å². The number of carbonyl (C=O) groups is 2. The Morgan fingerprint density at radius 2 is 2.18 bits per heavy atom. The summed E-state index contributed by atoms with van der Waals surface area (Å²) in [5, 5.41) is 9.77. The van der Waals surface area contributed by atoms with Crippen molar-refractivity contribution in [2.24, 2.45) is 0 Å². The van der Waals surface area contributed by atoms with Crippen LogP contribution in [0.2, 0.25) is 0 Å². The molecule has 0 aromatic heterocycles. The van der Waals surface area contributed by atoms with Gasteiger partial charge in [0.25, 0.3) is 5.91 Å². The lowest BCUT2D eigenvalue weighted by Gasteiger charge is -1.90. The number of allylic oxidation sites excluding steroid dienone is 1. The molecule has 0 bridgehead atoms. The van der Waals surface area contributed by atoms with Crippen molar-refractivity contribution >= 4 is 12.0 Å². The molecule has 0 heterocycles. The third-order valence-corrected chi connectivity index (χ3v) is 0.955. The van der Waals surface area contributed by atoms with Crippen LogP contribution in [0.15, 0.2) is 12.2 Å². The summed E-state index contributed by atoms with van der Waals surface area (Å²) in [6.07, 6.45) is 3.26. The minimum Gasteiger partial charge on any atom is -0.465 e. The van der Waals surface area contributed by atoms with Gasteiger partial charge in [0.1, 0.15) is 0 Å². The van der Waals surface area contributed by atoms with E-state index < -0.39 is 12.0 Å². The predicted molar refractivity (Wildman–Crippen MR) is 40.2 cm³/mol. The van der Waals surface area contributed by atoms with Gasteiger partial charge in [-0.25, -0.2) is 4.79 Å². The first-order chi connectivity index (χ1) is 5.16. The Morgan fingerprint density at radius 1 is 1.55 bits per heavy atom. The second kappa shape index (κ2) is 5.46. The molecule has 0 rings (SSSR count). The summed E-state index contributed by atoms with van der Waals surface area (Å²) >= 11 is 0. The Hall–Kier alpha value is -1.32. The molecule has 0 saturated carbocycles. The Bertz CT molecular complexity index is 175. The van der Waals surface area contributed by atoms with Crippen LogP contribution in [-0.4, -0.2) is 17.1 Å². The number of carbonyl (C=O) groups excluding carboxylic acids is 1. The molecule has 0 fully saturated rings. The Balaban J connectivity index is 3.60. The fourth-order valence-corrected chi connectivity index (χ4v) is 0.504. The fourth-order valence-electron chi connectivity index (χ4n) is 0.504. The SMILES string of the molecule is CCC/C=C/C(=O)NC(=O)O. The summed E-state index contributed by atoms with van der Waals surface area (Å²) in [6.45, 7) is 1.97. The molecule has 0 aromatic carbocycles. The second-order valence-electron chi connectivity index (χ2n) is 1.99. The van der Waals surface area contributed by atoms with Crippen LogP contribution in [0.4, 0.5) is 4.79 Å². The van der Waals surface area contributed by atoms with Crippen molar-refractivity contribution in [3.63, 3.8) is 0 Å². The van der Waals surface area contributed by atoms with Gasteiger partial charge in [0.2, 0.25) is 0 Å². The number of hydrogen-bond acceptors (Lipinski definition) is 2. The highest BCUT2D eigenvalue weighted by molar-refractivity contribution is 5.97. The van der Waals surface area contributed by atoms with Gasteiger partial charge in [-0.3, -0.25) is 10.1 Å². The normalized spacial score (nSPS) is 9.91. The maximum absolute atomic E-state index is 10.5. The van der Waals surface area contributed by atoms with Gasteiger partial charge >= 0.3 is 6.09 Å². The van der Waals surface area contributed by atoms with E-state index in [-0.39, 0.29) is 0 Å². The van der Waals surface area contributed by atoms with Crippen LogP contribution < -0.4 is 5.32 Å². The largest absolute Gasteiger partial charge is 0.465 e.